The van der Waals surface area contributed by atoms with Crippen molar-refractivity contribution in [3.8, 4) is 143 Å². The van der Waals surface area contributed by atoms with Crippen LogP contribution in [0, 0.1) is 92.5 Å². The van der Waals surface area contributed by atoms with Crippen LogP contribution in [0.3, 0.4) is 0 Å². The van der Waals surface area contributed by atoms with Crippen LogP contribution in [0.15, 0.2) is 455 Å². The van der Waals surface area contributed by atoms with Gasteiger partial charge in [-0.05, 0) is 267 Å². The fraction of sp³-hybridized carbons (Fsp3) is 0. The van der Waals surface area contributed by atoms with Gasteiger partial charge in [-0.15, -0.1) is 0 Å². The molecule has 0 radical (unpaired) electrons. The van der Waals surface area contributed by atoms with Gasteiger partial charge in [0.25, 0.3) is 0 Å². The lowest BCUT2D eigenvalue weighted by molar-refractivity contribution is 1.18. The van der Waals surface area contributed by atoms with Crippen molar-refractivity contribution in [3.05, 3.63) is 517 Å². The average Bonchev–Trinajstić information content (AvgIpc) is 1.57. The van der Waals surface area contributed by atoms with Gasteiger partial charge in [-0.2, -0.15) is 36.8 Å². The molecule has 6 heterocycles. The Balaban J connectivity index is 0.000000116. The zero-order valence-corrected chi connectivity index (χ0v) is 80.0. The zero-order valence-electron chi connectivity index (χ0n) is 80.0. The number of hydrogen-bond acceptors (Lipinski definition) is 7. The van der Waals surface area contributed by atoms with E-state index in [1.54, 1.807) is 0 Å². The fourth-order valence-electron chi connectivity index (χ4n) is 22.3. The fourth-order valence-corrected chi connectivity index (χ4v) is 22.3. The van der Waals surface area contributed by atoms with Crippen molar-refractivity contribution in [2.45, 2.75) is 0 Å². The topological polar surface area (TPSA) is 205 Å². The Morgan fingerprint density at radius 2 is 0.460 bits per heavy atom. The summed E-state index contributed by atoms with van der Waals surface area (Å²) in [5.74, 6) is 0. The molecule has 27 rings (SSSR count). The third-order valence-electron chi connectivity index (χ3n) is 28.9. The van der Waals surface area contributed by atoms with Crippen molar-refractivity contribution in [1.29, 1.82) is 36.8 Å². The highest BCUT2D eigenvalue weighted by molar-refractivity contribution is 6.18. The van der Waals surface area contributed by atoms with E-state index < -0.39 is 0 Å². The van der Waals surface area contributed by atoms with Crippen LogP contribution >= 0.6 is 0 Å². The van der Waals surface area contributed by atoms with Crippen molar-refractivity contribution >= 4 is 142 Å². The highest BCUT2D eigenvalue weighted by Gasteiger charge is 2.27. The predicted octanol–water partition coefficient (Wildman–Crippen LogP) is 33.8. The smallest absolute Gasteiger partial charge is 0.211 e. The van der Waals surface area contributed by atoms with Gasteiger partial charge in [0.15, 0.2) is 5.69 Å². The molecule has 0 bridgehead atoms. The minimum absolute atomic E-state index is 0.548. The summed E-state index contributed by atoms with van der Waals surface area (Å²) in [7, 11) is 0. The molecule has 0 saturated carbocycles. The van der Waals surface area contributed by atoms with E-state index in [4.69, 9.17) is 13.1 Å². The number of para-hydroxylation sites is 10. The molecule has 0 N–H and O–H groups in total. The maximum absolute atomic E-state index is 10.0. The van der Waals surface area contributed by atoms with Crippen molar-refractivity contribution in [3.63, 3.8) is 0 Å². The van der Waals surface area contributed by atoms with Gasteiger partial charge in [-0.1, -0.05) is 249 Å². The summed E-state index contributed by atoms with van der Waals surface area (Å²) in [4.78, 5) is 7.55. The molecule has 0 atom stereocenters. The second kappa shape index (κ2) is 37.0. The second-order valence-electron chi connectivity index (χ2n) is 36.9. The first-order chi connectivity index (χ1) is 74.0. The Morgan fingerprint density at radius 1 is 0.180 bits per heavy atom. The standard InChI is InChI=1S/3C45H25N5/c1-48-32-18-23-45-40(26-32)37-10-4-7-13-43(37)50(45)42-12-6-2-8-35(42)34-21-14-29(27-46)24-38(34)31-16-19-33(20-17-31)49-41-11-5-3-9-36(41)39-25-30(28-47)15-22-44(39)49;1-48-40-13-8-12-37-39-26-30(28-47)18-24-44(39)49(45(37)40)32-21-19-31(20-22-32)38-25-29(27-46)17-23-33(38)34-9-2-5-14-41(34)50-42-15-6-3-10-35(42)36-11-4-7-16-43(36)50;46-26-29-16-22-34(35-9-1-5-13-41(35)50-42-14-6-3-11-37(42)45-32(28-48)8-7-15-44(45)50)38(24-29)31-18-20-33(21-19-31)49-40-12-4-2-10-36(40)39-25-30(27-47)17-23-43(39)49/h2*2-26H;1-25H. The maximum Gasteiger partial charge on any atom is 0.211 e. The number of aromatic nitrogens is 6. The molecule has 0 aliphatic heterocycles. The number of nitrogens with zero attached hydrogens (tertiary/aromatic N) is 15. The number of hydrogen-bond donors (Lipinski definition) is 0. The van der Waals surface area contributed by atoms with Crippen LogP contribution in [-0.4, -0.2) is 27.4 Å². The Kier molecular flexibility index (Phi) is 22.0. The lowest BCUT2D eigenvalue weighted by Gasteiger charge is -2.17. The Hall–Kier alpha value is -22.2. The average molecular weight is 1910 g/mol. The molecule has 0 amide bonds. The summed E-state index contributed by atoms with van der Waals surface area (Å²) in [5.41, 5.74) is 35.6. The Morgan fingerprint density at radius 3 is 0.847 bits per heavy atom. The monoisotopic (exact) mass is 1910 g/mol. The van der Waals surface area contributed by atoms with Gasteiger partial charge in [0, 0.05) is 87.6 Å². The van der Waals surface area contributed by atoms with E-state index in [1.165, 1.54) is 10.8 Å². The van der Waals surface area contributed by atoms with Crippen LogP contribution in [-0.2, 0) is 0 Å². The van der Waals surface area contributed by atoms with Gasteiger partial charge < -0.3 is 27.4 Å². The molecule has 0 fully saturated rings. The SMILES string of the molecule is N#Cc1ccc(-c2ccccc2-n2c3ccccc3c3c(C#N)cccc32)c(-c2ccc(-n3c4ccccc4c4cc(C#N)ccc43)cc2)c1.[C-]#[N+]c1ccc2c(c1)c1ccccc1n2-c1ccccc1-c1ccc(C#N)cc1-c1ccc(-n2c3ccccc3c3cc(C#N)ccc32)cc1.[C-]#[N+]c1cccc2c3cc(C#N)ccc3n(-c3ccc(-c4cc(C#N)ccc4-c4ccccc4-n4c5ccccc5c5ccccc54)cc3)c12. The zero-order chi connectivity index (χ0) is 101. The van der Waals surface area contributed by atoms with E-state index in [1.807, 2.05) is 212 Å². The van der Waals surface area contributed by atoms with Crippen molar-refractivity contribution in [2.24, 2.45) is 0 Å². The summed E-state index contributed by atoms with van der Waals surface area (Å²) in [5, 5.41) is 81.3. The molecule has 21 aromatic carbocycles. The first-order valence-electron chi connectivity index (χ1n) is 48.8. The summed E-state index contributed by atoms with van der Waals surface area (Å²) in [6.45, 7) is 15.5. The number of fused-ring (bicyclic) bond motifs is 18. The van der Waals surface area contributed by atoms with Crippen LogP contribution in [0.4, 0.5) is 11.4 Å². The maximum atomic E-state index is 10.0. The molecule has 150 heavy (non-hydrogen) atoms. The van der Waals surface area contributed by atoms with E-state index in [2.05, 4.69) is 322 Å². The van der Waals surface area contributed by atoms with Gasteiger partial charge in [-0.3, -0.25) is 0 Å². The minimum Gasteiger partial charge on any atom is -0.319 e. The molecule has 6 aromatic heterocycles. The van der Waals surface area contributed by atoms with Crippen molar-refractivity contribution < 1.29 is 0 Å². The highest BCUT2D eigenvalue weighted by atomic mass is 15.0. The molecular formula is C135H75N15. The molecule has 0 spiro atoms. The van der Waals surface area contributed by atoms with Gasteiger partial charge in [0.2, 0.25) is 5.69 Å². The highest BCUT2D eigenvalue weighted by Crippen LogP contribution is 2.49. The molecular weight excluding hydrogens is 1830 g/mol. The van der Waals surface area contributed by atoms with Crippen LogP contribution in [0.25, 0.3) is 241 Å². The normalized spacial score (nSPS) is 11.1. The van der Waals surface area contributed by atoms with Crippen LogP contribution in [0.1, 0.15) is 38.9 Å². The molecule has 15 nitrogen and oxygen atoms in total. The third-order valence-corrected chi connectivity index (χ3v) is 28.9. The van der Waals surface area contributed by atoms with Crippen LogP contribution in [0.5, 0.6) is 0 Å². The number of benzene rings is 21. The van der Waals surface area contributed by atoms with E-state index >= 15 is 0 Å². The van der Waals surface area contributed by atoms with Crippen LogP contribution < -0.4 is 0 Å². The second-order valence-corrected chi connectivity index (χ2v) is 36.9. The molecule has 0 aliphatic carbocycles. The Bertz CT molecular complexity index is 10700. The number of nitriles is 7. The minimum atomic E-state index is 0.548. The van der Waals surface area contributed by atoms with Crippen LogP contribution in [0.2, 0.25) is 0 Å². The molecule has 0 saturated heterocycles. The summed E-state index contributed by atoms with van der Waals surface area (Å²) in [6.07, 6.45) is 0. The summed E-state index contributed by atoms with van der Waals surface area (Å²) >= 11 is 0. The lowest BCUT2D eigenvalue weighted by atomic mass is 9.92. The van der Waals surface area contributed by atoms with Gasteiger partial charge in [0.1, 0.15) is 0 Å². The molecule has 0 aliphatic rings. The first kappa shape index (κ1) is 89.2. The summed E-state index contributed by atoms with van der Waals surface area (Å²) < 4.78 is 13.4. The lowest BCUT2D eigenvalue weighted by Crippen LogP contribution is -1.98. The first-order valence-corrected chi connectivity index (χ1v) is 48.8. The molecule has 27 aromatic rings. The third kappa shape index (κ3) is 14.8. The predicted molar refractivity (Wildman–Crippen MR) is 604 cm³/mol. The van der Waals surface area contributed by atoms with Gasteiger partial charge in [-0.25, -0.2) is 9.69 Å². The van der Waals surface area contributed by atoms with Crippen molar-refractivity contribution in [2.75, 3.05) is 0 Å². The largest absolute Gasteiger partial charge is 0.319 e. The molecule has 15 heteroatoms. The molecule has 690 valence electrons. The summed E-state index contributed by atoms with van der Waals surface area (Å²) in [6, 6.07) is 169. The molecule has 0 unspecified atom stereocenters. The van der Waals surface area contributed by atoms with E-state index in [0.717, 1.165) is 221 Å². The quantitative estimate of drug-likeness (QED) is 0.108. The van der Waals surface area contributed by atoms with Gasteiger partial charge in [0.05, 0.1) is 178 Å². The van der Waals surface area contributed by atoms with Crippen molar-refractivity contribution in [1.82, 2.24) is 27.4 Å². The van der Waals surface area contributed by atoms with E-state index in [9.17, 15) is 36.8 Å². The Labute approximate surface area is 860 Å². The number of rotatable bonds is 12. The van der Waals surface area contributed by atoms with Gasteiger partial charge >= 0.3 is 0 Å². The van der Waals surface area contributed by atoms with E-state index in [0.29, 0.717) is 50.3 Å². The van der Waals surface area contributed by atoms with E-state index in [-0.39, 0.29) is 0 Å².